The fourth-order valence-corrected chi connectivity index (χ4v) is 2.02. The van der Waals surface area contributed by atoms with Gasteiger partial charge in [0.25, 0.3) is 0 Å². The maximum atomic E-state index is 11.9. The molecule has 0 aliphatic carbocycles. The minimum absolute atomic E-state index is 0.128. The van der Waals surface area contributed by atoms with Gasteiger partial charge in [-0.1, -0.05) is 28.1 Å². The summed E-state index contributed by atoms with van der Waals surface area (Å²) in [7, 11) is 1.82. The molecule has 0 radical (unpaired) electrons. The van der Waals surface area contributed by atoms with Gasteiger partial charge in [-0.2, -0.15) is 0 Å². The van der Waals surface area contributed by atoms with Crippen LogP contribution in [0.1, 0.15) is 25.0 Å². The summed E-state index contributed by atoms with van der Waals surface area (Å²) in [5, 5.41) is 3.25. The molecule has 1 atom stereocenters. The molecule has 18 heavy (non-hydrogen) atoms. The van der Waals surface area contributed by atoms with Crippen LogP contribution < -0.4 is 5.32 Å². The molecule has 0 saturated carbocycles. The molecule has 3 nitrogen and oxygen atoms in total. The summed E-state index contributed by atoms with van der Waals surface area (Å²) < 4.78 is 1.10. The zero-order valence-corrected chi connectivity index (χ0v) is 13.0. The van der Waals surface area contributed by atoms with Crippen LogP contribution in [0.15, 0.2) is 22.7 Å². The van der Waals surface area contributed by atoms with Crippen molar-refractivity contribution in [2.45, 2.75) is 33.4 Å². The highest BCUT2D eigenvalue weighted by Gasteiger charge is 2.15. The Balaban J connectivity index is 2.54. The molecule has 0 fully saturated rings. The Kier molecular flexibility index (Phi) is 5.82. The minimum atomic E-state index is -0.157. The van der Waals surface area contributed by atoms with Crippen molar-refractivity contribution in [2.75, 3.05) is 13.6 Å². The van der Waals surface area contributed by atoms with Crippen LogP contribution in [0.3, 0.4) is 0 Å². The number of rotatable bonds is 5. The summed E-state index contributed by atoms with van der Waals surface area (Å²) in [5.41, 5.74) is 2.39. The van der Waals surface area contributed by atoms with Crippen LogP contribution >= 0.6 is 15.9 Å². The molecular weight excluding hydrogens is 292 g/mol. The van der Waals surface area contributed by atoms with Crippen molar-refractivity contribution in [3.63, 3.8) is 0 Å². The third-order valence-electron chi connectivity index (χ3n) is 3.07. The molecule has 0 aliphatic heterocycles. The third kappa shape index (κ3) is 4.10. The first kappa shape index (κ1) is 15.2. The molecule has 0 spiro atoms. The van der Waals surface area contributed by atoms with Crippen molar-refractivity contribution < 1.29 is 4.79 Å². The van der Waals surface area contributed by atoms with Crippen LogP contribution in [0, 0.1) is 6.92 Å². The lowest BCUT2D eigenvalue weighted by atomic mass is 10.1. The predicted molar refractivity (Wildman–Crippen MR) is 78.5 cm³/mol. The lowest BCUT2D eigenvalue weighted by molar-refractivity contribution is -0.131. The van der Waals surface area contributed by atoms with E-state index < -0.39 is 0 Å². The first-order chi connectivity index (χ1) is 8.45. The number of amides is 1. The number of aryl methyl sites for hydroxylation is 1. The smallest absolute Gasteiger partial charge is 0.239 e. The maximum Gasteiger partial charge on any atom is 0.239 e. The molecule has 0 saturated heterocycles. The Morgan fingerprint density at radius 1 is 1.50 bits per heavy atom. The Labute approximate surface area is 118 Å². The molecule has 1 aromatic rings. The molecule has 0 bridgehead atoms. The first-order valence-corrected chi connectivity index (χ1v) is 6.98. The number of halogens is 1. The normalized spacial score (nSPS) is 12.3. The van der Waals surface area contributed by atoms with E-state index in [-0.39, 0.29) is 11.9 Å². The molecule has 1 aromatic carbocycles. The standard InChI is InChI=1S/C14H21BrN2O/c1-5-17(4)14(18)11(3)16-9-12-7-6-10(2)13(15)8-12/h6-8,11,16H,5,9H2,1-4H3. The minimum Gasteiger partial charge on any atom is -0.345 e. The van der Waals surface area contributed by atoms with E-state index in [0.29, 0.717) is 6.54 Å². The second-order valence-electron chi connectivity index (χ2n) is 4.54. The van der Waals surface area contributed by atoms with Gasteiger partial charge in [0.05, 0.1) is 6.04 Å². The summed E-state index contributed by atoms with van der Waals surface area (Å²) in [6.07, 6.45) is 0. The monoisotopic (exact) mass is 312 g/mol. The van der Waals surface area contributed by atoms with Gasteiger partial charge in [-0.3, -0.25) is 4.79 Å². The zero-order chi connectivity index (χ0) is 13.7. The third-order valence-corrected chi connectivity index (χ3v) is 3.92. The largest absolute Gasteiger partial charge is 0.345 e. The first-order valence-electron chi connectivity index (χ1n) is 6.19. The van der Waals surface area contributed by atoms with Crippen LogP contribution in [0.2, 0.25) is 0 Å². The highest BCUT2D eigenvalue weighted by Crippen LogP contribution is 2.17. The van der Waals surface area contributed by atoms with Crippen molar-refractivity contribution in [3.8, 4) is 0 Å². The van der Waals surface area contributed by atoms with Crippen molar-refractivity contribution in [2.24, 2.45) is 0 Å². The average molecular weight is 313 g/mol. The molecule has 1 unspecified atom stereocenters. The van der Waals surface area contributed by atoms with E-state index in [2.05, 4.69) is 46.4 Å². The summed E-state index contributed by atoms with van der Waals surface area (Å²) in [5.74, 6) is 0.128. The van der Waals surface area contributed by atoms with E-state index >= 15 is 0 Å². The van der Waals surface area contributed by atoms with Gasteiger partial charge in [0.1, 0.15) is 0 Å². The van der Waals surface area contributed by atoms with Crippen LogP contribution in [-0.2, 0) is 11.3 Å². The fraction of sp³-hybridized carbons (Fsp3) is 0.500. The lowest BCUT2D eigenvalue weighted by Crippen LogP contribution is -2.42. The highest BCUT2D eigenvalue weighted by molar-refractivity contribution is 9.10. The zero-order valence-electron chi connectivity index (χ0n) is 11.5. The predicted octanol–water partition coefficient (Wildman–Crippen LogP) is 2.71. The molecule has 0 heterocycles. The van der Waals surface area contributed by atoms with E-state index in [1.165, 1.54) is 11.1 Å². The molecule has 0 aliphatic rings. The van der Waals surface area contributed by atoms with Gasteiger partial charge < -0.3 is 10.2 Å². The fourth-order valence-electron chi connectivity index (χ4n) is 1.59. The molecule has 1 N–H and O–H groups in total. The number of nitrogens with zero attached hydrogens (tertiary/aromatic N) is 1. The van der Waals surface area contributed by atoms with Gasteiger partial charge in [0.15, 0.2) is 0 Å². The number of hydrogen-bond donors (Lipinski definition) is 1. The van der Waals surface area contributed by atoms with Gasteiger partial charge in [0, 0.05) is 24.6 Å². The van der Waals surface area contributed by atoms with Crippen LogP contribution in [0.5, 0.6) is 0 Å². The number of nitrogens with one attached hydrogen (secondary N) is 1. The topological polar surface area (TPSA) is 32.3 Å². The van der Waals surface area contributed by atoms with E-state index in [1.54, 1.807) is 4.90 Å². The van der Waals surface area contributed by atoms with Gasteiger partial charge in [0.2, 0.25) is 5.91 Å². The van der Waals surface area contributed by atoms with Crippen molar-refractivity contribution in [1.82, 2.24) is 10.2 Å². The maximum absolute atomic E-state index is 11.9. The second kappa shape index (κ2) is 6.90. The molecular formula is C14H21BrN2O. The van der Waals surface area contributed by atoms with E-state index in [0.717, 1.165) is 11.0 Å². The number of benzene rings is 1. The second-order valence-corrected chi connectivity index (χ2v) is 5.39. The molecule has 100 valence electrons. The summed E-state index contributed by atoms with van der Waals surface area (Å²) in [6.45, 7) is 7.37. The van der Waals surface area contributed by atoms with Gasteiger partial charge in [-0.25, -0.2) is 0 Å². The highest BCUT2D eigenvalue weighted by atomic mass is 79.9. The Morgan fingerprint density at radius 2 is 2.17 bits per heavy atom. The van der Waals surface area contributed by atoms with Gasteiger partial charge in [-0.05, 0) is 38.0 Å². The van der Waals surface area contributed by atoms with Gasteiger partial charge >= 0.3 is 0 Å². The molecule has 0 aromatic heterocycles. The van der Waals surface area contributed by atoms with Crippen LogP contribution in [0.4, 0.5) is 0 Å². The summed E-state index contributed by atoms with van der Waals surface area (Å²) in [4.78, 5) is 13.6. The Hall–Kier alpha value is -0.870. The number of carbonyl (C=O) groups is 1. The van der Waals surface area contributed by atoms with Crippen LogP contribution in [-0.4, -0.2) is 30.4 Å². The van der Waals surface area contributed by atoms with Crippen molar-refractivity contribution in [3.05, 3.63) is 33.8 Å². The number of likely N-dealkylation sites (N-methyl/N-ethyl adjacent to an activating group) is 1. The van der Waals surface area contributed by atoms with Crippen LogP contribution in [0.25, 0.3) is 0 Å². The van der Waals surface area contributed by atoms with Gasteiger partial charge in [-0.15, -0.1) is 0 Å². The lowest BCUT2D eigenvalue weighted by Gasteiger charge is -2.20. The number of hydrogen-bond acceptors (Lipinski definition) is 2. The van der Waals surface area contributed by atoms with E-state index in [1.807, 2.05) is 20.9 Å². The molecule has 1 amide bonds. The SMILES string of the molecule is CCN(C)C(=O)C(C)NCc1ccc(C)c(Br)c1. The van der Waals surface area contributed by atoms with E-state index in [9.17, 15) is 4.79 Å². The average Bonchev–Trinajstić information content (AvgIpc) is 2.37. The molecule has 1 rings (SSSR count). The van der Waals surface area contributed by atoms with Crippen molar-refractivity contribution in [1.29, 1.82) is 0 Å². The number of carbonyl (C=O) groups excluding carboxylic acids is 1. The summed E-state index contributed by atoms with van der Waals surface area (Å²) in [6, 6.07) is 6.08. The molecule has 4 heteroatoms. The quantitative estimate of drug-likeness (QED) is 0.906. The summed E-state index contributed by atoms with van der Waals surface area (Å²) >= 11 is 3.51. The van der Waals surface area contributed by atoms with E-state index in [4.69, 9.17) is 0 Å². The Morgan fingerprint density at radius 3 is 2.72 bits per heavy atom. The Bertz CT molecular complexity index is 420. The van der Waals surface area contributed by atoms with Crippen molar-refractivity contribution >= 4 is 21.8 Å².